The first kappa shape index (κ1) is 27.4. The molecular weight excluding hydrogens is 516 g/mol. The maximum absolute atomic E-state index is 13.3. The van der Waals surface area contributed by atoms with Crippen LogP contribution in [-0.2, 0) is 12.4 Å². The fourth-order valence-corrected chi connectivity index (χ4v) is 4.36. The van der Waals surface area contributed by atoms with Crippen molar-refractivity contribution in [2.45, 2.75) is 30.7 Å². The third kappa shape index (κ3) is 5.97. The van der Waals surface area contributed by atoms with Crippen molar-refractivity contribution in [2.24, 2.45) is 0 Å². The van der Waals surface area contributed by atoms with E-state index in [2.05, 4.69) is 0 Å². The molecule has 1 heterocycles. The van der Waals surface area contributed by atoms with Gasteiger partial charge < -0.3 is 14.9 Å². The summed E-state index contributed by atoms with van der Waals surface area (Å²) >= 11 is 5.94. The number of halogens is 7. The van der Waals surface area contributed by atoms with Crippen LogP contribution >= 0.6 is 11.6 Å². The van der Waals surface area contributed by atoms with Crippen molar-refractivity contribution in [1.82, 2.24) is 9.80 Å². The number of carbonyl (C=O) groups is 2. The molecular formula is C23H22ClF6N3O3. The number of carbonyl (C=O) groups excluding carboxylic acids is 1. The summed E-state index contributed by atoms with van der Waals surface area (Å²) in [6.07, 6.45) is -11.1. The molecule has 1 aliphatic rings. The summed E-state index contributed by atoms with van der Waals surface area (Å²) in [5.41, 5.74) is -2.98. The summed E-state index contributed by atoms with van der Waals surface area (Å²) in [6, 6.07) is 6.05. The molecule has 0 aliphatic carbocycles. The van der Waals surface area contributed by atoms with Crippen LogP contribution in [0.25, 0.3) is 0 Å². The van der Waals surface area contributed by atoms with E-state index in [1.165, 1.54) is 16.8 Å². The first-order valence-electron chi connectivity index (χ1n) is 10.6. The lowest BCUT2D eigenvalue weighted by Crippen LogP contribution is -2.54. The molecule has 1 unspecified atom stereocenters. The summed E-state index contributed by atoms with van der Waals surface area (Å²) in [7, 11) is 2.46. The summed E-state index contributed by atoms with van der Waals surface area (Å²) < 4.78 is 79.7. The second-order valence-corrected chi connectivity index (χ2v) is 8.90. The number of anilines is 1. The molecule has 0 spiro atoms. The Bertz CT molecular complexity index is 1090. The second-order valence-electron chi connectivity index (χ2n) is 8.46. The molecule has 1 N–H and O–H groups in total. The number of likely N-dealkylation sites (tertiary alicyclic amines) is 1. The molecule has 2 aromatic carbocycles. The van der Waals surface area contributed by atoms with Gasteiger partial charge in [-0.3, -0.25) is 4.90 Å². The van der Waals surface area contributed by atoms with Gasteiger partial charge in [-0.2, -0.15) is 26.3 Å². The van der Waals surface area contributed by atoms with E-state index in [1.807, 2.05) is 0 Å². The van der Waals surface area contributed by atoms with Gasteiger partial charge in [-0.1, -0.05) is 23.7 Å². The minimum Gasteiger partial charge on any atom is -0.465 e. The Morgan fingerprint density at radius 3 is 1.97 bits per heavy atom. The lowest BCUT2D eigenvalue weighted by atomic mass is 9.85. The Balaban J connectivity index is 1.95. The normalized spacial score (nSPS) is 18.6. The number of benzene rings is 2. The molecule has 36 heavy (non-hydrogen) atoms. The van der Waals surface area contributed by atoms with E-state index in [0.29, 0.717) is 27.6 Å². The van der Waals surface area contributed by atoms with E-state index in [9.17, 15) is 41.0 Å². The molecule has 1 fully saturated rings. The predicted octanol–water partition coefficient (Wildman–Crippen LogP) is 6.40. The highest BCUT2D eigenvalue weighted by molar-refractivity contribution is 6.30. The van der Waals surface area contributed by atoms with Gasteiger partial charge in [0.2, 0.25) is 0 Å². The van der Waals surface area contributed by atoms with Crippen molar-refractivity contribution in [3.63, 3.8) is 0 Å². The molecule has 1 aliphatic heterocycles. The Hall–Kier alpha value is -3.15. The first-order valence-corrected chi connectivity index (χ1v) is 11.0. The van der Waals surface area contributed by atoms with E-state index in [4.69, 9.17) is 11.6 Å². The number of hydrogen-bond donors (Lipinski definition) is 1. The Morgan fingerprint density at radius 1 is 0.972 bits per heavy atom. The molecule has 3 amide bonds. The summed E-state index contributed by atoms with van der Waals surface area (Å²) in [4.78, 5) is 27.9. The maximum Gasteiger partial charge on any atom is 0.416 e. The van der Waals surface area contributed by atoms with Crippen LogP contribution < -0.4 is 4.90 Å². The fraction of sp³-hybridized carbons (Fsp3) is 0.391. The molecule has 3 rings (SSSR count). The van der Waals surface area contributed by atoms with Gasteiger partial charge in [0.15, 0.2) is 0 Å². The Labute approximate surface area is 207 Å². The SMILES string of the molecule is CN(C(=O)N(C)[C@@H]1CCN(C(=O)O)CC1c1ccc(Cl)cc1)c1cc(C(F)(F)F)cc(C(F)(F)F)c1. The van der Waals surface area contributed by atoms with Crippen LogP contribution in [0.15, 0.2) is 42.5 Å². The molecule has 2 atom stereocenters. The highest BCUT2D eigenvalue weighted by atomic mass is 35.5. The molecule has 2 aromatic rings. The van der Waals surface area contributed by atoms with E-state index in [-0.39, 0.29) is 25.6 Å². The summed E-state index contributed by atoms with van der Waals surface area (Å²) in [5.74, 6) is -0.512. The number of rotatable bonds is 3. The standard InChI is InChI=1S/C23H22ClF6N3O3/c1-31(17-10-14(22(25,26)27)9-15(11-17)23(28,29)30)20(34)32(2)19-7-8-33(21(35)36)12-18(19)13-3-5-16(24)6-4-13/h3-6,9-11,18-19H,7-8,12H2,1-2H3,(H,35,36)/t18?,19-/m1/s1. The minimum atomic E-state index is -5.06. The summed E-state index contributed by atoms with van der Waals surface area (Å²) in [6.45, 7) is 0.123. The number of nitrogens with zero attached hydrogens (tertiary/aromatic N) is 3. The van der Waals surface area contributed by atoms with Crippen LogP contribution in [0.2, 0.25) is 5.02 Å². The van der Waals surface area contributed by atoms with Gasteiger partial charge in [0.05, 0.1) is 11.1 Å². The molecule has 0 radical (unpaired) electrons. The zero-order valence-electron chi connectivity index (χ0n) is 19.1. The zero-order valence-corrected chi connectivity index (χ0v) is 19.8. The lowest BCUT2D eigenvalue weighted by molar-refractivity contribution is -0.143. The van der Waals surface area contributed by atoms with Crippen LogP contribution in [0.4, 0.5) is 41.6 Å². The quantitative estimate of drug-likeness (QED) is 0.461. The van der Waals surface area contributed by atoms with Crippen LogP contribution in [0.1, 0.15) is 29.0 Å². The van der Waals surface area contributed by atoms with Crippen molar-refractivity contribution < 1.29 is 41.0 Å². The van der Waals surface area contributed by atoms with E-state index in [0.717, 1.165) is 7.05 Å². The number of likely N-dealkylation sites (N-methyl/N-ethyl adjacent to an activating group) is 1. The summed E-state index contributed by atoms with van der Waals surface area (Å²) in [5, 5.41) is 9.87. The van der Waals surface area contributed by atoms with Gasteiger partial charge in [-0.15, -0.1) is 0 Å². The van der Waals surface area contributed by atoms with Gasteiger partial charge in [0.1, 0.15) is 0 Å². The number of alkyl halides is 6. The molecule has 6 nitrogen and oxygen atoms in total. The average molecular weight is 538 g/mol. The van der Waals surface area contributed by atoms with Crippen molar-refractivity contribution in [3.8, 4) is 0 Å². The van der Waals surface area contributed by atoms with Crippen molar-refractivity contribution in [3.05, 3.63) is 64.2 Å². The van der Waals surface area contributed by atoms with Gasteiger partial charge in [0, 0.05) is 49.9 Å². The van der Waals surface area contributed by atoms with Crippen LogP contribution in [0.3, 0.4) is 0 Å². The van der Waals surface area contributed by atoms with Gasteiger partial charge in [-0.25, -0.2) is 9.59 Å². The first-order chi connectivity index (χ1) is 16.6. The maximum atomic E-state index is 13.3. The molecule has 0 bridgehead atoms. The van der Waals surface area contributed by atoms with E-state index in [1.54, 1.807) is 24.3 Å². The molecule has 13 heteroatoms. The molecule has 1 saturated heterocycles. The van der Waals surface area contributed by atoms with Crippen molar-refractivity contribution in [1.29, 1.82) is 0 Å². The number of urea groups is 1. The third-order valence-corrected chi connectivity index (χ3v) is 6.44. The van der Waals surface area contributed by atoms with Crippen molar-refractivity contribution >= 4 is 29.4 Å². The average Bonchev–Trinajstić information content (AvgIpc) is 2.81. The minimum absolute atomic E-state index is 0.0102. The smallest absolute Gasteiger partial charge is 0.416 e. The lowest BCUT2D eigenvalue weighted by Gasteiger charge is -2.43. The van der Waals surface area contributed by atoms with Crippen LogP contribution in [-0.4, -0.2) is 60.3 Å². The highest BCUT2D eigenvalue weighted by Gasteiger charge is 2.40. The van der Waals surface area contributed by atoms with Crippen LogP contribution in [0, 0.1) is 0 Å². The van der Waals surface area contributed by atoms with Gasteiger partial charge in [-0.05, 0) is 42.3 Å². The Morgan fingerprint density at radius 2 is 1.50 bits per heavy atom. The Kier molecular flexibility index (Phi) is 7.68. The van der Waals surface area contributed by atoms with Crippen LogP contribution in [0.5, 0.6) is 0 Å². The van der Waals surface area contributed by atoms with Gasteiger partial charge >= 0.3 is 24.5 Å². The highest BCUT2D eigenvalue weighted by Crippen LogP contribution is 2.39. The number of carboxylic acid groups (broad SMARTS) is 1. The number of hydrogen-bond acceptors (Lipinski definition) is 2. The zero-order chi connectivity index (χ0) is 27.0. The third-order valence-electron chi connectivity index (χ3n) is 6.19. The van der Waals surface area contributed by atoms with E-state index >= 15 is 0 Å². The number of amides is 3. The molecule has 0 aromatic heterocycles. The second kappa shape index (κ2) is 10.1. The molecule has 196 valence electrons. The monoisotopic (exact) mass is 537 g/mol. The van der Waals surface area contributed by atoms with Crippen molar-refractivity contribution in [2.75, 3.05) is 32.1 Å². The predicted molar refractivity (Wildman–Crippen MR) is 120 cm³/mol. The van der Waals surface area contributed by atoms with Gasteiger partial charge in [0.25, 0.3) is 0 Å². The largest absolute Gasteiger partial charge is 0.465 e. The molecule has 0 saturated carbocycles. The number of piperidine rings is 1. The topological polar surface area (TPSA) is 64.1 Å². The van der Waals surface area contributed by atoms with E-state index < -0.39 is 53.3 Å². The fourth-order valence-electron chi connectivity index (χ4n) is 4.24.